The molecule has 0 bridgehead atoms. The minimum Gasteiger partial charge on any atom is -0.197 e. The van der Waals surface area contributed by atoms with Gasteiger partial charge in [-0.1, -0.05) is 44.9 Å². The topological polar surface area (TPSA) is 23.8 Å². The summed E-state index contributed by atoms with van der Waals surface area (Å²) in [4.78, 5) is 1.22. The molecule has 0 atom stereocenters. The molecule has 0 unspecified atom stereocenters. The van der Waals surface area contributed by atoms with Crippen molar-refractivity contribution in [2.75, 3.05) is 0 Å². The predicted octanol–water partition coefficient (Wildman–Crippen LogP) is 4.64. The fourth-order valence-corrected chi connectivity index (χ4v) is 4.34. The lowest BCUT2D eigenvalue weighted by molar-refractivity contribution is 0.0984. The average molecular weight is 245 g/mol. The highest BCUT2D eigenvalue weighted by atomic mass is 32.2. The molecule has 0 radical (unpaired) electrons. The van der Waals surface area contributed by atoms with Gasteiger partial charge in [-0.3, -0.25) is 0 Å². The lowest BCUT2D eigenvalue weighted by Crippen LogP contribution is -2.48. The summed E-state index contributed by atoms with van der Waals surface area (Å²) < 4.78 is -0.173. The van der Waals surface area contributed by atoms with E-state index in [9.17, 15) is 5.26 Å². The van der Waals surface area contributed by atoms with E-state index in [1.807, 2.05) is 18.2 Å². The van der Waals surface area contributed by atoms with Gasteiger partial charge in [0.1, 0.15) is 4.75 Å². The Balaban J connectivity index is 2.08. The van der Waals surface area contributed by atoms with Crippen molar-refractivity contribution >= 4 is 11.8 Å². The number of rotatable bonds is 4. The van der Waals surface area contributed by atoms with Crippen LogP contribution in [0.4, 0.5) is 0 Å². The molecular weight excluding hydrogens is 226 g/mol. The molecular formula is C15H19NS. The molecule has 1 aromatic rings. The summed E-state index contributed by atoms with van der Waals surface area (Å²) in [7, 11) is 0. The van der Waals surface area contributed by atoms with Crippen LogP contribution in [0.5, 0.6) is 0 Å². The molecule has 1 aromatic carbocycles. The highest BCUT2D eigenvalue weighted by Crippen LogP contribution is 2.60. The molecule has 1 aliphatic carbocycles. The summed E-state index contributed by atoms with van der Waals surface area (Å²) in [5.41, 5.74) is 0.428. The normalized spacial score (nSPS) is 20.3. The zero-order chi connectivity index (χ0) is 12.4. The first-order valence-electron chi connectivity index (χ1n) is 6.33. The van der Waals surface area contributed by atoms with E-state index >= 15 is 0 Å². The SMILES string of the molecule is CCC1(CC)CC(C#N)(Sc2ccccc2)C1. The minimum atomic E-state index is -0.173. The minimum absolute atomic E-state index is 0.173. The number of nitrogens with zero attached hydrogens (tertiary/aromatic N) is 1. The Morgan fingerprint density at radius 3 is 2.24 bits per heavy atom. The summed E-state index contributed by atoms with van der Waals surface area (Å²) in [6, 6.07) is 12.8. The Morgan fingerprint density at radius 2 is 1.76 bits per heavy atom. The van der Waals surface area contributed by atoms with Crippen LogP contribution in [0.2, 0.25) is 0 Å². The summed E-state index contributed by atoms with van der Waals surface area (Å²) in [5.74, 6) is 0. The van der Waals surface area contributed by atoms with Crippen molar-refractivity contribution in [3.63, 3.8) is 0 Å². The fraction of sp³-hybridized carbons (Fsp3) is 0.533. The second-order valence-corrected chi connectivity index (χ2v) is 6.54. The van der Waals surface area contributed by atoms with Crippen molar-refractivity contribution in [3.05, 3.63) is 30.3 Å². The summed E-state index contributed by atoms with van der Waals surface area (Å²) in [6.45, 7) is 4.50. The van der Waals surface area contributed by atoms with Crippen molar-refractivity contribution in [1.29, 1.82) is 5.26 Å². The Hall–Kier alpha value is -0.940. The number of hydrogen-bond acceptors (Lipinski definition) is 2. The first kappa shape index (κ1) is 12.5. The molecule has 2 rings (SSSR count). The Morgan fingerprint density at radius 1 is 1.18 bits per heavy atom. The summed E-state index contributed by atoms with van der Waals surface area (Å²) in [5, 5.41) is 9.45. The van der Waals surface area contributed by atoms with Crippen LogP contribution in [0.15, 0.2) is 35.2 Å². The maximum atomic E-state index is 9.45. The molecule has 0 aliphatic heterocycles. The van der Waals surface area contributed by atoms with Crippen molar-refractivity contribution in [3.8, 4) is 6.07 Å². The van der Waals surface area contributed by atoms with Crippen LogP contribution in [0, 0.1) is 16.7 Å². The Labute approximate surface area is 108 Å². The van der Waals surface area contributed by atoms with Crippen LogP contribution in [0.3, 0.4) is 0 Å². The molecule has 90 valence electrons. The fourth-order valence-electron chi connectivity index (χ4n) is 2.80. The van der Waals surface area contributed by atoms with Crippen LogP contribution in [-0.2, 0) is 0 Å². The monoisotopic (exact) mass is 245 g/mol. The van der Waals surface area contributed by atoms with E-state index in [1.165, 1.54) is 17.7 Å². The molecule has 1 saturated carbocycles. The van der Waals surface area contributed by atoms with Gasteiger partial charge in [-0.25, -0.2) is 0 Å². The first-order valence-corrected chi connectivity index (χ1v) is 7.14. The van der Waals surface area contributed by atoms with Crippen molar-refractivity contribution in [1.82, 2.24) is 0 Å². The van der Waals surface area contributed by atoms with Gasteiger partial charge in [0.05, 0.1) is 6.07 Å². The van der Waals surface area contributed by atoms with Gasteiger partial charge >= 0.3 is 0 Å². The van der Waals surface area contributed by atoms with E-state index in [0.717, 1.165) is 12.8 Å². The highest BCUT2D eigenvalue weighted by Gasteiger charge is 2.53. The molecule has 0 N–H and O–H groups in total. The van der Waals surface area contributed by atoms with Gasteiger partial charge < -0.3 is 0 Å². The number of thioether (sulfide) groups is 1. The van der Waals surface area contributed by atoms with Crippen LogP contribution in [-0.4, -0.2) is 4.75 Å². The standard InChI is InChI=1S/C15H19NS/c1-3-14(4-2)10-15(11-14,12-16)17-13-8-6-5-7-9-13/h5-9H,3-4,10-11H2,1-2H3. The lowest BCUT2D eigenvalue weighted by atomic mass is 9.59. The number of nitriles is 1. The maximum Gasteiger partial charge on any atom is 0.108 e. The second-order valence-electron chi connectivity index (χ2n) is 5.08. The molecule has 0 amide bonds. The van der Waals surface area contributed by atoms with Crippen molar-refractivity contribution in [2.45, 2.75) is 49.2 Å². The first-order chi connectivity index (χ1) is 8.17. The molecule has 0 heterocycles. The largest absolute Gasteiger partial charge is 0.197 e. The van der Waals surface area contributed by atoms with Crippen molar-refractivity contribution < 1.29 is 0 Å². The highest BCUT2D eigenvalue weighted by molar-refractivity contribution is 8.01. The molecule has 0 saturated heterocycles. The molecule has 0 spiro atoms. The third-order valence-corrected chi connectivity index (χ3v) is 5.36. The van der Waals surface area contributed by atoms with Gasteiger partial charge in [0.2, 0.25) is 0 Å². The number of hydrogen-bond donors (Lipinski definition) is 0. The smallest absolute Gasteiger partial charge is 0.108 e. The van der Waals surface area contributed by atoms with Gasteiger partial charge in [-0.05, 0) is 30.4 Å². The van der Waals surface area contributed by atoms with E-state index in [0.29, 0.717) is 5.41 Å². The third kappa shape index (κ3) is 2.35. The van der Waals surface area contributed by atoms with E-state index in [2.05, 4.69) is 32.0 Å². The van der Waals surface area contributed by atoms with E-state index < -0.39 is 0 Å². The molecule has 0 aromatic heterocycles. The van der Waals surface area contributed by atoms with E-state index in [1.54, 1.807) is 11.8 Å². The van der Waals surface area contributed by atoms with Crippen molar-refractivity contribution in [2.24, 2.45) is 5.41 Å². The van der Waals surface area contributed by atoms with Gasteiger partial charge in [0.15, 0.2) is 0 Å². The second kappa shape index (κ2) is 4.74. The molecule has 1 fully saturated rings. The van der Waals surface area contributed by atoms with E-state index in [-0.39, 0.29) is 4.75 Å². The van der Waals surface area contributed by atoms with Crippen LogP contribution < -0.4 is 0 Å². The molecule has 1 nitrogen and oxygen atoms in total. The van der Waals surface area contributed by atoms with Crippen LogP contribution in [0.1, 0.15) is 39.5 Å². The lowest BCUT2D eigenvalue weighted by Gasteiger charge is -2.52. The molecule has 1 aliphatic rings. The maximum absolute atomic E-state index is 9.45. The van der Waals surface area contributed by atoms with Gasteiger partial charge in [0.25, 0.3) is 0 Å². The van der Waals surface area contributed by atoms with Gasteiger partial charge in [-0.15, -0.1) is 11.8 Å². The number of benzene rings is 1. The Kier molecular flexibility index (Phi) is 3.49. The third-order valence-electron chi connectivity index (χ3n) is 4.08. The van der Waals surface area contributed by atoms with Gasteiger partial charge in [0, 0.05) is 4.90 Å². The van der Waals surface area contributed by atoms with Gasteiger partial charge in [-0.2, -0.15) is 5.26 Å². The van der Waals surface area contributed by atoms with Crippen LogP contribution in [0.25, 0.3) is 0 Å². The van der Waals surface area contributed by atoms with Crippen LogP contribution >= 0.6 is 11.8 Å². The quantitative estimate of drug-likeness (QED) is 0.771. The zero-order valence-electron chi connectivity index (χ0n) is 10.6. The summed E-state index contributed by atoms with van der Waals surface area (Å²) >= 11 is 1.75. The molecule has 17 heavy (non-hydrogen) atoms. The van der Waals surface area contributed by atoms with E-state index in [4.69, 9.17) is 0 Å². The zero-order valence-corrected chi connectivity index (χ0v) is 11.4. The predicted molar refractivity (Wildman–Crippen MR) is 72.9 cm³/mol. The molecule has 2 heteroatoms. The summed E-state index contributed by atoms with van der Waals surface area (Å²) in [6.07, 6.45) is 4.48. The average Bonchev–Trinajstić information content (AvgIpc) is 2.35. The Bertz CT molecular complexity index is 406.